The molecule has 0 radical (unpaired) electrons. The number of carbonyl (C=O) groups excluding carboxylic acids is 1. The highest BCUT2D eigenvalue weighted by molar-refractivity contribution is 7.12. The number of morpholine rings is 1. The lowest BCUT2D eigenvalue weighted by atomic mass is 10.1. The molecule has 1 aliphatic rings. The monoisotopic (exact) mass is 269 g/mol. The summed E-state index contributed by atoms with van der Waals surface area (Å²) in [6, 6.07) is 1.94. The van der Waals surface area contributed by atoms with Gasteiger partial charge in [-0.2, -0.15) is 0 Å². The van der Waals surface area contributed by atoms with Crippen LogP contribution in [-0.2, 0) is 4.74 Å². The minimum absolute atomic E-state index is 0.0279. The molecule has 1 aliphatic heterocycles. The lowest BCUT2D eigenvalue weighted by molar-refractivity contribution is -0.0858. The van der Waals surface area contributed by atoms with Gasteiger partial charge in [0.2, 0.25) is 0 Å². The summed E-state index contributed by atoms with van der Waals surface area (Å²) in [4.78, 5) is 16.4. The van der Waals surface area contributed by atoms with E-state index in [2.05, 4.69) is 0 Å². The molecule has 2 atom stereocenters. The summed E-state index contributed by atoms with van der Waals surface area (Å²) < 4.78 is 5.55. The van der Waals surface area contributed by atoms with E-state index < -0.39 is 0 Å². The van der Waals surface area contributed by atoms with Crippen molar-refractivity contribution >= 4 is 17.2 Å². The number of aliphatic hydroxyl groups is 1. The maximum Gasteiger partial charge on any atom is 0.255 e. The van der Waals surface area contributed by atoms with Crippen LogP contribution in [0.3, 0.4) is 0 Å². The normalized spacial score (nSPS) is 24.3. The highest BCUT2D eigenvalue weighted by atomic mass is 32.1. The Labute approximate surface area is 111 Å². The molecule has 1 aromatic heterocycles. The second-order valence-electron chi connectivity index (χ2n) is 4.79. The Morgan fingerprint density at radius 1 is 1.56 bits per heavy atom. The third-order valence-corrected chi connectivity index (χ3v) is 4.05. The summed E-state index contributed by atoms with van der Waals surface area (Å²) in [5.74, 6) is 0.0467. The predicted octanol–water partition coefficient (Wildman–Crippen LogP) is 1.59. The van der Waals surface area contributed by atoms with Crippen molar-refractivity contribution in [3.8, 4) is 0 Å². The molecule has 18 heavy (non-hydrogen) atoms. The third-order valence-electron chi connectivity index (χ3n) is 3.09. The summed E-state index contributed by atoms with van der Waals surface area (Å²) in [7, 11) is 0. The Hall–Kier alpha value is -0.910. The number of hydrogen-bond donors (Lipinski definition) is 1. The van der Waals surface area contributed by atoms with E-state index in [0.29, 0.717) is 13.1 Å². The van der Waals surface area contributed by atoms with E-state index in [9.17, 15) is 9.90 Å². The number of nitrogens with zero attached hydrogens (tertiary/aromatic N) is 1. The minimum Gasteiger partial charge on any atom is -0.394 e. The van der Waals surface area contributed by atoms with E-state index in [4.69, 9.17) is 4.74 Å². The van der Waals surface area contributed by atoms with Crippen LogP contribution in [0.2, 0.25) is 0 Å². The lowest BCUT2D eigenvalue weighted by Gasteiger charge is -2.36. The van der Waals surface area contributed by atoms with Gasteiger partial charge in [0.15, 0.2) is 0 Å². The van der Waals surface area contributed by atoms with Gasteiger partial charge in [-0.3, -0.25) is 4.79 Å². The van der Waals surface area contributed by atoms with Crippen LogP contribution in [0, 0.1) is 13.8 Å². The SMILES string of the molecule is Cc1cc(C(=O)N2CC(C)OC(CO)C2)c(C)s1. The van der Waals surface area contributed by atoms with Crippen LogP contribution < -0.4 is 0 Å². The molecule has 5 heteroatoms. The van der Waals surface area contributed by atoms with Gasteiger partial charge in [-0.25, -0.2) is 0 Å². The fourth-order valence-electron chi connectivity index (χ4n) is 2.33. The van der Waals surface area contributed by atoms with E-state index in [-0.39, 0.29) is 24.7 Å². The van der Waals surface area contributed by atoms with Crippen LogP contribution in [0.25, 0.3) is 0 Å². The van der Waals surface area contributed by atoms with Crippen molar-refractivity contribution in [3.05, 3.63) is 21.4 Å². The fourth-order valence-corrected chi connectivity index (χ4v) is 3.24. The molecule has 0 bridgehead atoms. The Morgan fingerprint density at radius 2 is 2.28 bits per heavy atom. The third kappa shape index (κ3) is 2.74. The van der Waals surface area contributed by atoms with Gasteiger partial charge in [-0.1, -0.05) is 0 Å². The molecule has 1 saturated heterocycles. The van der Waals surface area contributed by atoms with Crippen LogP contribution in [0.5, 0.6) is 0 Å². The highest BCUT2D eigenvalue weighted by Crippen LogP contribution is 2.23. The van der Waals surface area contributed by atoms with E-state index in [1.165, 1.54) is 0 Å². The van der Waals surface area contributed by atoms with Crippen molar-refractivity contribution < 1.29 is 14.6 Å². The predicted molar refractivity (Wildman–Crippen MR) is 71.1 cm³/mol. The molecule has 0 aromatic carbocycles. The lowest BCUT2D eigenvalue weighted by Crippen LogP contribution is -2.50. The van der Waals surface area contributed by atoms with Crippen molar-refractivity contribution in [2.45, 2.75) is 33.0 Å². The molecule has 0 aliphatic carbocycles. The van der Waals surface area contributed by atoms with Gasteiger partial charge in [0.25, 0.3) is 5.91 Å². The average molecular weight is 269 g/mol. The number of aliphatic hydroxyl groups excluding tert-OH is 1. The Morgan fingerprint density at radius 3 is 2.83 bits per heavy atom. The van der Waals surface area contributed by atoms with Gasteiger partial charge >= 0.3 is 0 Å². The maximum atomic E-state index is 12.4. The van der Waals surface area contributed by atoms with Crippen LogP contribution in [0.15, 0.2) is 6.07 Å². The second kappa shape index (κ2) is 5.38. The zero-order chi connectivity index (χ0) is 13.3. The van der Waals surface area contributed by atoms with Crippen molar-refractivity contribution in [3.63, 3.8) is 0 Å². The first-order valence-corrected chi connectivity index (χ1v) is 6.95. The van der Waals surface area contributed by atoms with Gasteiger partial charge < -0.3 is 14.7 Å². The number of rotatable bonds is 2. The average Bonchev–Trinajstić information content (AvgIpc) is 2.66. The second-order valence-corrected chi connectivity index (χ2v) is 6.25. The van der Waals surface area contributed by atoms with E-state index in [1.54, 1.807) is 16.2 Å². The molecule has 1 aromatic rings. The Balaban J connectivity index is 2.15. The summed E-state index contributed by atoms with van der Waals surface area (Å²) in [6.45, 7) is 6.91. The molecule has 2 rings (SSSR count). The van der Waals surface area contributed by atoms with Gasteiger partial charge in [-0.05, 0) is 26.8 Å². The molecule has 0 spiro atoms. The number of hydrogen-bond acceptors (Lipinski definition) is 4. The first-order chi connectivity index (χ1) is 8.51. The summed E-state index contributed by atoms with van der Waals surface area (Å²) >= 11 is 1.64. The maximum absolute atomic E-state index is 12.4. The quantitative estimate of drug-likeness (QED) is 0.887. The molecule has 1 amide bonds. The van der Waals surface area contributed by atoms with Crippen molar-refractivity contribution in [1.29, 1.82) is 0 Å². The van der Waals surface area contributed by atoms with Crippen LogP contribution in [0.4, 0.5) is 0 Å². The van der Waals surface area contributed by atoms with Gasteiger partial charge in [0, 0.05) is 22.8 Å². The molecule has 100 valence electrons. The summed E-state index contributed by atoms with van der Waals surface area (Å²) in [6.07, 6.45) is -0.294. The van der Waals surface area contributed by atoms with E-state index in [0.717, 1.165) is 15.3 Å². The number of amides is 1. The van der Waals surface area contributed by atoms with Gasteiger partial charge in [-0.15, -0.1) is 11.3 Å². The number of aryl methyl sites for hydroxylation is 2. The molecule has 4 nitrogen and oxygen atoms in total. The van der Waals surface area contributed by atoms with E-state index in [1.807, 2.05) is 26.8 Å². The zero-order valence-electron chi connectivity index (χ0n) is 11.0. The van der Waals surface area contributed by atoms with Crippen molar-refractivity contribution in [2.24, 2.45) is 0 Å². The smallest absolute Gasteiger partial charge is 0.255 e. The topological polar surface area (TPSA) is 49.8 Å². The number of thiophene rings is 1. The zero-order valence-corrected chi connectivity index (χ0v) is 11.8. The minimum atomic E-state index is -0.266. The van der Waals surface area contributed by atoms with Crippen LogP contribution >= 0.6 is 11.3 Å². The number of ether oxygens (including phenoxy) is 1. The molecule has 1 fully saturated rings. The van der Waals surface area contributed by atoms with Crippen molar-refractivity contribution in [1.82, 2.24) is 4.90 Å². The van der Waals surface area contributed by atoms with Gasteiger partial charge in [0.1, 0.15) is 0 Å². The largest absolute Gasteiger partial charge is 0.394 e. The Bertz CT molecular complexity index is 443. The molecular weight excluding hydrogens is 250 g/mol. The van der Waals surface area contributed by atoms with E-state index >= 15 is 0 Å². The molecule has 0 saturated carbocycles. The van der Waals surface area contributed by atoms with Crippen LogP contribution in [-0.4, -0.2) is 47.8 Å². The van der Waals surface area contributed by atoms with Gasteiger partial charge in [0.05, 0.1) is 24.4 Å². The molecule has 2 unspecified atom stereocenters. The molecule has 2 heterocycles. The van der Waals surface area contributed by atoms with Crippen LogP contribution in [0.1, 0.15) is 27.0 Å². The highest BCUT2D eigenvalue weighted by Gasteiger charge is 2.29. The summed E-state index contributed by atoms with van der Waals surface area (Å²) in [5.41, 5.74) is 0.781. The number of carbonyl (C=O) groups is 1. The van der Waals surface area contributed by atoms with Crippen molar-refractivity contribution in [2.75, 3.05) is 19.7 Å². The first kappa shape index (κ1) is 13.5. The fraction of sp³-hybridized carbons (Fsp3) is 0.615. The molecule has 1 N–H and O–H groups in total. The Kier molecular flexibility index (Phi) is 4.04. The first-order valence-electron chi connectivity index (χ1n) is 6.14. The summed E-state index contributed by atoms with van der Waals surface area (Å²) in [5, 5.41) is 9.18. The molecular formula is C13H19NO3S. The standard InChI is InChI=1S/C13H19NO3S/c1-8-5-14(6-11(7-15)17-8)13(16)12-4-9(2)18-10(12)3/h4,8,11,15H,5-7H2,1-3H3.